The SMILES string of the molecule is O=S(=O)(F)C(F)(F)C(F)(F)Sc1ccccc1. The summed E-state index contributed by atoms with van der Waals surface area (Å²) in [6, 6.07) is 6.17. The van der Waals surface area contributed by atoms with Crippen molar-refractivity contribution in [2.24, 2.45) is 0 Å². The Hall–Kier alpha value is -0.830. The summed E-state index contributed by atoms with van der Waals surface area (Å²) < 4.78 is 83.3. The third-order valence-corrected chi connectivity index (χ3v) is 3.65. The predicted molar refractivity (Wildman–Crippen MR) is 52.2 cm³/mol. The first-order valence-corrected chi connectivity index (χ1v) is 6.22. The molecule has 0 N–H and O–H groups in total. The van der Waals surface area contributed by atoms with Crippen molar-refractivity contribution in [1.82, 2.24) is 0 Å². The molecule has 0 fully saturated rings. The molecule has 0 amide bonds. The summed E-state index contributed by atoms with van der Waals surface area (Å²) in [4.78, 5) is -0.305. The maximum absolute atomic E-state index is 13.0. The lowest BCUT2D eigenvalue weighted by Crippen LogP contribution is -2.42. The van der Waals surface area contributed by atoms with E-state index in [0.29, 0.717) is 0 Å². The molecule has 0 aliphatic heterocycles. The summed E-state index contributed by atoms with van der Waals surface area (Å²) in [5.74, 6) is 0. The van der Waals surface area contributed by atoms with Crippen LogP contribution in [0.1, 0.15) is 0 Å². The number of benzene rings is 1. The second-order valence-corrected chi connectivity index (χ2v) is 5.46. The highest BCUT2D eigenvalue weighted by Crippen LogP contribution is 2.49. The standard InChI is InChI=1S/C8H5F5O2S2/c9-7(10,8(11,12)17(13,14)15)16-6-4-2-1-3-5-6/h1-5H. The van der Waals surface area contributed by atoms with E-state index in [1.165, 1.54) is 18.2 Å². The summed E-state index contributed by atoms with van der Waals surface area (Å²) in [5, 5.41) is -10.9. The largest absolute Gasteiger partial charge is 0.446 e. The second kappa shape index (κ2) is 4.45. The van der Waals surface area contributed by atoms with Gasteiger partial charge in [0.25, 0.3) is 0 Å². The average Bonchev–Trinajstić information content (AvgIpc) is 2.16. The molecule has 0 bridgehead atoms. The Labute approximate surface area is 98.0 Å². The fourth-order valence-electron chi connectivity index (χ4n) is 0.838. The van der Waals surface area contributed by atoms with Gasteiger partial charge in [-0.05, 0) is 23.9 Å². The Kier molecular flexibility index (Phi) is 3.72. The quantitative estimate of drug-likeness (QED) is 0.485. The van der Waals surface area contributed by atoms with Gasteiger partial charge in [-0.25, -0.2) is 0 Å². The summed E-state index contributed by atoms with van der Waals surface area (Å²) in [5.41, 5.74) is 0. The monoisotopic (exact) mass is 292 g/mol. The van der Waals surface area contributed by atoms with Crippen LogP contribution in [0.2, 0.25) is 0 Å². The molecule has 9 heteroatoms. The van der Waals surface area contributed by atoms with Crippen molar-refractivity contribution in [2.75, 3.05) is 0 Å². The lowest BCUT2D eigenvalue weighted by molar-refractivity contribution is -0.0927. The van der Waals surface area contributed by atoms with E-state index in [1.807, 2.05) is 0 Å². The first kappa shape index (κ1) is 14.2. The number of alkyl halides is 4. The number of thioether (sulfide) groups is 1. The molecule has 17 heavy (non-hydrogen) atoms. The molecule has 0 aliphatic carbocycles. The fourth-order valence-corrected chi connectivity index (χ4v) is 2.25. The molecule has 0 atom stereocenters. The molecule has 96 valence electrons. The van der Waals surface area contributed by atoms with Crippen LogP contribution in [0.5, 0.6) is 0 Å². The zero-order chi connectivity index (χ0) is 13.3. The molecule has 0 saturated carbocycles. The van der Waals surface area contributed by atoms with Gasteiger partial charge < -0.3 is 0 Å². The maximum atomic E-state index is 13.0. The Bertz CT molecular complexity index is 486. The van der Waals surface area contributed by atoms with Crippen molar-refractivity contribution >= 4 is 22.0 Å². The molecule has 0 unspecified atom stereocenters. The first-order valence-electron chi connectivity index (χ1n) is 4.02. The third kappa shape index (κ3) is 2.89. The molecule has 1 aromatic carbocycles. The van der Waals surface area contributed by atoms with Gasteiger partial charge in [0.1, 0.15) is 0 Å². The fraction of sp³-hybridized carbons (Fsp3) is 0.250. The summed E-state index contributed by atoms with van der Waals surface area (Å²) in [7, 11) is -6.68. The molecule has 1 aromatic rings. The molecular weight excluding hydrogens is 287 g/mol. The lowest BCUT2D eigenvalue weighted by atomic mass is 10.4. The number of rotatable bonds is 4. The van der Waals surface area contributed by atoms with Gasteiger partial charge in [-0.3, -0.25) is 0 Å². The Morgan fingerprint density at radius 1 is 1.00 bits per heavy atom. The summed E-state index contributed by atoms with van der Waals surface area (Å²) in [6.45, 7) is 0. The Morgan fingerprint density at radius 3 is 1.88 bits per heavy atom. The van der Waals surface area contributed by atoms with Crippen molar-refractivity contribution < 1.29 is 29.9 Å². The van der Waals surface area contributed by atoms with Gasteiger partial charge in [-0.1, -0.05) is 22.1 Å². The van der Waals surface area contributed by atoms with Crippen LogP contribution in [0.3, 0.4) is 0 Å². The topological polar surface area (TPSA) is 34.1 Å². The number of halogens is 5. The molecule has 1 rings (SSSR count). The zero-order valence-corrected chi connectivity index (χ0v) is 9.54. The van der Waals surface area contributed by atoms with E-state index < -0.39 is 32.5 Å². The molecule has 2 nitrogen and oxygen atoms in total. The highest BCUT2D eigenvalue weighted by molar-refractivity contribution is 8.01. The summed E-state index contributed by atoms with van der Waals surface area (Å²) in [6.07, 6.45) is 0. The molecule has 0 radical (unpaired) electrons. The van der Waals surface area contributed by atoms with E-state index in [-0.39, 0.29) is 4.90 Å². The van der Waals surface area contributed by atoms with Gasteiger partial charge in [0.05, 0.1) is 0 Å². The minimum Gasteiger partial charge on any atom is -0.188 e. The summed E-state index contributed by atoms with van der Waals surface area (Å²) >= 11 is -0.723. The molecule has 0 aliphatic rings. The van der Waals surface area contributed by atoms with Crippen molar-refractivity contribution in [3.8, 4) is 0 Å². The van der Waals surface area contributed by atoms with Crippen molar-refractivity contribution in [3.05, 3.63) is 30.3 Å². The van der Waals surface area contributed by atoms with Crippen LogP contribution in [0.4, 0.5) is 21.4 Å². The average molecular weight is 292 g/mol. The maximum Gasteiger partial charge on any atom is 0.446 e. The van der Waals surface area contributed by atoms with Crippen LogP contribution in [0.25, 0.3) is 0 Å². The van der Waals surface area contributed by atoms with Crippen molar-refractivity contribution in [3.63, 3.8) is 0 Å². The highest BCUT2D eigenvalue weighted by atomic mass is 32.3. The van der Waals surface area contributed by atoms with Gasteiger partial charge in [0.2, 0.25) is 0 Å². The van der Waals surface area contributed by atoms with Gasteiger partial charge >= 0.3 is 20.7 Å². The van der Waals surface area contributed by atoms with Gasteiger partial charge in [0, 0.05) is 4.90 Å². The molecule has 0 aromatic heterocycles. The predicted octanol–water partition coefficient (Wildman–Crippen LogP) is 3.26. The van der Waals surface area contributed by atoms with Crippen LogP contribution < -0.4 is 0 Å². The van der Waals surface area contributed by atoms with Crippen LogP contribution >= 0.6 is 11.8 Å². The second-order valence-electron chi connectivity index (χ2n) is 2.89. The van der Waals surface area contributed by atoms with E-state index in [2.05, 4.69) is 0 Å². The normalized spacial score (nSPS) is 13.7. The number of hydrogen-bond donors (Lipinski definition) is 0. The van der Waals surface area contributed by atoms with E-state index in [0.717, 1.165) is 12.1 Å². The van der Waals surface area contributed by atoms with Crippen LogP contribution in [-0.4, -0.2) is 18.9 Å². The molecule has 0 spiro atoms. The van der Waals surface area contributed by atoms with Crippen LogP contribution in [0, 0.1) is 0 Å². The van der Waals surface area contributed by atoms with E-state index in [9.17, 15) is 29.9 Å². The Balaban J connectivity index is 3.05. The minimum absolute atomic E-state index is 0.305. The van der Waals surface area contributed by atoms with Gasteiger partial charge in [-0.15, -0.1) is 0 Å². The number of hydrogen-bond acceptors (Lipinski definition) is 3. The highest BCUT2D eigenvalue weighted by Gasteiger charge is 2.67. The molecular formula is C8H5F5O2S2. The first-order chi connectivity index (χ1) is 7.58. The third-order valence-electron chi connectivity index (χ3n) is 1.63. The lowest BCUT2D eigenvalue weighted by Gasteiger charge is -2.21. The van der Waals surface area contributed by atoms with Crippen molar-refractivity contribution in [1.29, 1.82) is 0 Å². The van der Waals surface area contributed by atoms with Crippen LogP contribution in [0.15, 0.2) is 35.2 Å². The molecule has 0 heterocycles. The Morgan fingerprint density at radius 2 is 1.47 bits per heavy atom. The smallest absolute Gasteiger partial charge is 0.188 e. The van der Waals surface area contributed by atoms with E-state index in [1.54, 1.807) is 0 Å². The van der Waals surface area contributed by atoms with E-state index in [4.69, 9.17) is 0 Å². The van der Waals surface area contributed by atoms with Crippen LogP contribution in [-0.2, 0) is 10.2 Å². The van der Waals surface area contributed by atoms with Gasteiger partial charge in [0.15, 0.2) is 0 Å². The van der Waals surface area contributed by atoms with Gasteiger partial charge in [-0.2, -0.15) is 26.0 Å². The molecule has 0 saturated heterocycles. The van der Waals surface area contributed by atoms with Crippen molar-refractivity contribution in [2.45, 2.75) is 15.4 Å². The van der Waals surface area contributed by atoms with E-state index >= 15 is 0 Å². The zero-order valence-electron chi connectivity index (χ0n) is 7.91. The minimum atomic E-state index is -6.68.